The molecule has 3 heteroatoms. The molecule has 3 nitrogen and oxygen atoms in total. The van der Waals surface area contributed by atoms with Gasteiger partial charge in [-0.05, 0) is 19.4 Å². The summed E-state index contributed by atoms with van der Waals surface area (Å²) < 4.78 is 5.11. The van der Waals surface area contributed by atoms with Crippen molar-refractivity contribution >= 4 is 0 Å². The van der Waals surface area contributed by atoms with Crippen LogP contribution in [-0.4, -0.2) is 43.8 Å². The Balaban J connectivity index is 2.34. The topological polar surface area (TPSA) is 38.5 Å². The van der Waals surface area contributed by atoms with Crippen molar-refractivity contribution in [3.63, 3.8) is 0 Å². The summed E-state index contributed by atoms with van der Waals surface area (Å²) in [6.45, 7) is 6.12. The van der Waals surface area contributed by atoms with Gasteiger partial charge in [0, 0.05) is 25.7 Å². The van der Waals surface area contributed by atoms with Gasteiger partial charge >= 0.3 is 0 Å². The predicted molar refractivity (Wildman–Crippen MR) is 64.0 cm³/mol. The Morgan fingerprint density at radius 1 is 1.27 bits per heavy atom. The van der Waals surface area contributed by atoms with Crippen LogP contribution in [0, 0.1) is 0 Å². The third-order valence-electron chi connectivity index (χ3n) is 3.45. The molecule has 1 saturated carbocycles. The molecule has 1 aliphatic carbocycles. The van der Waals surface area contributed by atoms with E-state index in [1.165, 1.54) is 32.1 Å². The van der Waals surface area contributed by atoms with Crippen molar-refractivity contribution in [2.45, 2.75) is 44.6 Å². The molecule has 0 radical (unpaired) electrons. The summed E-state index contributed by atoms with van der Waals surface area (Å²) in [6.07, 6.45) is 6.35. The quantitative estimate of drug-likeness (QED) is 0.730. The number of nitrogens with two attached hydrogens (primary N) is 1. The van der Waals surface area contributed by atoms with Gasteiger partial charge in [-0.3, -0.25) is 4.90 Å². The summed E-state index contributed by atoms with van der Waals surface area (Å²) in [5, 5.41) is 0. The molecular formula is C12H26N2O. The minimum Gasteiger partial charge on any atom is -0.383 e. The first kappa shape index (κ1) is 12.9. The first-order chi connectivity index (χ1) is 7.20. The molecule has 0 aromatic heterocycles. The highest BCUT2D eigenvalue weighted by Gasteiger charge is 2.28. The number of likely N-dealkylation sites (N-methyl/N-ethyl adjacent to an activating group) is 1. The standard InChI is InChI=1S/C12H26N2O/c1-3-14(9-10-15-2)11-12(13)7-5-4-6-8-12/h3-11,13H2,1-2H3. The fraction of sp³-hybridized carbons (Fsp3) is 1.00. The second-order valence-corrected chi connectivity index (χ2v) is 4.78. The zero-order valence-electron chi connectivity index (χ0n) is 10.3. The molecule has 0 spiro atoms. The van der Waals surface area contributed by atoms with Crippen molar-refractivity contribution in [1.82, 2.24) is 4.90 Å². The van der Waals surface area contributed by atoms with Gasteiger partial charge in [-0.15, -0.1) is 0 Å². The predicted octanol–water partition coefficient (Wildman–Crippen LogP) is 1.62. The third kappa shape index (κ3) is 4.49. The molecule has 0 aliphatic heterocycles. The van der Waals surface area contributed by atoms with Crippen LogP contribution in [0.3, 0.4) is 0 Å². The van der Waals surface area contributed by atoms with Crippen molar-refractivity contribution in [2.75, 3.05) is 33.4 Å². The van der Waals surface area contributed by atoms with Gasteiger partial charge in [-0.1, -0.05) is 26.2 Å². The van der Waals surface area contributed by atoms with Crippen molar-refractivity contribution in [3.8, 4) is 0 Å². The maximum absolute atomic E-state index is 6.42. The highest BCUT2D eigenvalue weighted by Crippen LogP contribution is 2.26. The summed E-state index contributed by atoms with van der Waals surface area (Å²) in [6, 6.07) is 0. The first-order valence-corrected chi connectivity index (χ1v) is 6.20. The van der Waals surface area contributed by atoms with Crippen LogP contribution in [-0.2, 0) is 4.74 Å². The van der Waals surface area contributed by atoms with Crippen LogP contribution in [0.5, 0.6) is 0 Å². The fourth-order valence-electron chi connectivity index (χ4n) is 2.43. The summed E-state index contributed by atoms with van der Waals surface area (Å²) in [5.74, 6) is 0. The van der Waals surface area contributed by atoms with Gasteiger partial charge < -0.3 is 10.5 Å². The van der Waals surface area contributed by atoms with E-state index >= 15 is 0 Å². The number of hydrogen-bond acceptors (Lipinski definition) is 3. The van der Waals surface area contributed by atoms with Crippen LogP contribution in [0.2, 0.25) is 0 Å². The van der Waals surface area contributed by atoms with Crippen LogP contribution in [0.1, 0.15) is 39.0 Å². The van der Waals surface area contributed by atoms with Gasteiger partial charge in [0.1, 0.15) is 0 Å². The van der Waals surface area contributed by atoms with E-state index in [0.717, 1.165) is 26.2 Å². The lowest BCUT2D eigenvalue weighted by Gasteiger charge is -2.37. The van der Waals surface area contributed by atoms with Gasteiger partial charge in [0.05, 0.1) is 6.61 Å². The Morgan fingerprint density at radius 3 is 2.47 bits per heavy atom. The Labute approximate surface area is 94.0 Å². The number of ether oxygens (including phenoxy) is 1. The average molecular weight is 214 g/mol. The molecule has 1 fully saturated rings. The fourth-order valence-corrected chi connectivity index (χ4v) is 2.43. The van der Waals surface area contributed by atoms with Crippen molar-refractivity contribution in [3.05, 3.63) is 0 Å². The van der Waals surface area contributed by atoms with E-state index in [-0.39, 0.29) is 5.54 Å². The highest BCUT2D eigenvalue weighted by atomic mass is 16.5. The second-order valence-electron chi connectivity index (χ2n) is 4.78. The van der Waals surface area contributed by atoms with E-state index in [2.05, 4.69) is 11.8 Å². The maximum atomic E-state index is 6.42. The summed E-state index contributed by atoms with van der Waals surface area (Å²) in [7, 11) is 1.76. The Morgan fingerprint density at radius 2 is 1.93 bits per heavy atom. The van der Waals surface area contributed by atoms with Crippen LogP contribution in [0.4, 0.5) is 0 Å². The van der Waals surface area contributed by atoms with Gasteiger partial charge in [0.25, 0.3) is 0 Å². The molecule has 0 atom stereocenters. The van der Waals surface area contributed by atoms with E-state index in [1.807, 2.05) is 0 Å². The summed E-state index contributed by atoms with van der Waals surface area (Å²) in [4.78, 5) is 2.41. The molecule has 2 N–H and O–H groups in total. The average Bonchev–Trinajstić information content (AvgIpc) is 2.25. The van der Waals surface area contributed by atoms with E-state index in [0.29, 0.717) is 0 Å². The molecule has 1 rings (SSSR count). The van der Waals surface area contributed by atoms with Crippen LogP contribution in [0.15, 0.2) is 0 Å². The van der Waals surface area contributed by atoms with E-state index < -0.39 is 0 Å². The monoisotopic (exact) mass is 214 g/mol. The molecule has 0 amide bonds. The maximum Gasteiger partial charge on any atom is 0.0589 e. The molecule has 0 heterocycles. The normalized spacial score (nSPS) is 20.8. The minimum atomic E-state index is 0.0714. The number of methoxy groups -OCH3 is 1. The van der Waals surface area contributed by atoms with Crippen molar-refractivity contribution in [2.24, 2.45) is 5.73 Å². The lowest BCUT2D eigenvalue weighted by Crippen LogP contribution is -2.51. The smallest absolute Gasteiger partial charge is 0.0589 e. The molecule has 0 unspecified atom stereocenters. The SMILES string of the molecule is CCN(CCOC)CC1(N)CCCCC1. The molecule has 90 valence electrons. The van der Waals surface area contributed by atoms with E-state index in [1.54, 1.807) is 7.11 Å². The number of nitrogens with zero attached hydrogens (tertiary/aromatic N) is 1. The lowest BCUT2D eigenvalue weighted by atomic mass is 9.82. The summed E-state index contributed by atoms with van der Waals surface area (Å²) in [5.41, 5.74) is 6.50. The van der Waals surface area contributed by atoms with Crippen LogP contribution >= 0.6 is 0 Å². The Kier molecular flexibility index (Phi) is 5.58. The third-order valence-corrected chi connectivity index (χ3v) is 3.45. The Bertz CT molecular complexity index is 167. The summed E-state index contributed by atoms with van der Waals surface area (Å²) >= 11 is 0. The molecule has 15 heavy (non-hydrogen) atoms. The molecule has 0 saturated heterocycles. The first-order valence-electron chi connectivity index (χ1n) is 6.20. The molecule has 0 bridgehead atoms. The van der Waals surface area contributed by atoms with Gasteiger partial charge in [-0.25, -0.2) is 0 Å². The molecule has 0 aromatic rings. The van der Waals surface area contributed by atoms with Crippen molar-refractivity contribution < 1.29 is 4.74 Å². The van der Waals surface area contributed by atoms with Crippen molar-refractivity contribution in [1.29, 1.82) is 0 Å². The van der Waals surface area contributed by atoms with E-state index in [9.17, 15) is 0 Å². The van der Waals surface area contributed by atoms with E-state index in [4.69, 9.17) is 10.5 Å². The molecular weight excluding hydrogens is 188 g/mol. The Hall–Kier alpha value is -0.120. The van der Waals surface area contributed by atoms with Crippen LogP contribution < -0.4 is 5.73 Å². The molecule has 0 aromatic carbocycles. The zero-order chi connectivity index (χ0) is 11.1. The zero-order valence-corrected chi connectivity index (χ0v) is 10.3. The van der Waals surface area contributed by atoms with Gasteiger partial charge in [0.2, 0.25) is 0 Å². The second kappa shape index (κ2) is 6.46. The molecule has 1 aliphatic rings. The van der Waals surface area contributed by atoms with Crippen LogP contribution in [0.25, 0.3) is 0 Å². The minimum absolute atomic E-state index is 0.0714. The number of rotatable bonds is 6. The van der Waals surface area contributed by atoms with Gasteiger partial charge in [-0.2, -0.15) is 0 Å². The van der Waals surface area contributed by atoms with Gasteiger partial charge in [0.15, 0.2) is 0 Å². The number of hydrogen-bond donors (Lipinski definition) is 1. The highest BCUT2D eigenvalue weighted by molar-refractivity contribution is 4.90. The lowest BCUT2D eigenvalue weighted by molar-refractivity contribution is 0.122. The largest absolute Gasteiger partial charge is 0.383 e.